The normalized spacial score (nSPS) is 12.5. The molecule has 1 aromatic heterocycles. The molecule has 0 aromatic carbocycles. The minimum Gasteiger partial charge on any atom is -0.361 e. The molecule has 1 rings (SSSR count). The van der Waals surface area contributed by atoms with Gasteiger partial charge in [0.1, 0.15) is 5.69 Å². The maximum Gasteiger partial charge on any atom is 0.333 e. The zero-order chi connectivity index (χ0) is 11.6. The number of rotatable bonds is 4. The van der Waals surface area contributed by atoms with Crippen LogP contribution in [0.25, 0.3) is 0 Å². The van der Waals surface area contributed by atoms with Gasteiger partial charge in [-0.1, -0.05) is 0 Å². The fourth-order valence-corrected chi connectivity index (χ4v) is 1.32. The molecule has 0 bridgehead atoms. The first-order valence-electron chi connectivity index (χ1n) is 4.62. The lowest BCUT2D eigenvalue weighted by atomic mass is 10.3. The van der Waals surface area contributed by atoms with E-state index in [-0.39, 0.29) is 11.7 Å². The van der Waals surface area contributed by atoms with Gasteiger partial charge in [-0.3, -0.25) is 10.1 Å². The molecule has 0 aliphatic rings. The highest BCUT2D eigenvalue weighted by Gasteiger charge is 2.24. The fraction of sp³-hybridized carbons (Fsp3) is 0.625. The molecule has 84 valence electrons. The number of nitrogens with two attached hydrogens (primary N) is 1. The van der Waals surface area contributed by atoms with Gasteiger partial charge in [0, 0.05) is 19.6 Å². The Balaban J connectivity index is 3.09. The Bertz CT molecular complexity index is 373. The van der Waals surface area contributed by atoms with E-state index < -0.39 is 4.92 Å². The lowest BCUT2D eigenvalue weighted by molar-refractivity contribution is -0.384. The van der Waals surface area contributed by atoms with Crippen molar-refractivity contribution in [2.45, 2.75) is 19.9 Å². The first-order valence-corrected chi connectivity index (χ1v) is 4.62. The largest absolute Gasteiger partial charge is 0.361 e. The highest BCUT2D eigenvalue weighted by molar-refractivity contribution is 5.59. The first-order chi connectivity index (χ1) is 6.97. The summed E-state index contributed by atoms with van der Waals surface area (Å²) < 4.78 is 1.46. The summed E-state index contributed by atoms with van der Waals surface area (Å²) in [5, 5.41) is 17.8. The summed E-state index contributed by atoms with van der Waals surface area (Å²) in [7, 11) is 1.66. The van der Waals surface area contributed by atoms with E-state index >= 15 is 0 Å². The lowest BCUT2D eigenvalue weighted by Crippen LogP contribution is -2.26. The van der Waals surface area contributed by atoms with Crippen molar-refractivity contribution < 1.29 is 4.92 Å². The highest BCUT2D eigenvalue weighted by atomic mass is 16.6. The van der Waals surface area contributed by atoms with Crippen molar-refractivity contribution in [2.24, 2.45) is 12.8 Å². The maximum atomic E-state index is 10.8. The number of anilines is 1. The van der Waals surface area contributed by atoms with E-state index in [0.717, 1.165) is 0 Å². The molecular weight excluding hydrogens is 198 g/mol. The minimum absolute atomic E-state index is 0.0119. The molecule has 0 saturated heterocycles. The monoisotopic (exact) mass is 213 g/mol. The number of aromatic nitrogens is 2. The molecule has 1 atom stereocenters. The van der Waals surface area contributed by atoms with Crippen LogP contribution < -0.4 is 11.1 Å². The highest BCUT2D eigenvalue weighted by Crippen LogP contribution is 2.27. The second-order valence-electron chi connectivity index (χ2n) is 3.44. The number of nitro groups is 1. The summed E-state index contributed by atoms with van der Waals surface area (Å²) in [5.41, 5.74) is 5.85. The van der Waals surface area contributed by atoms with Crippen LogP contribution in [0.1, 0.15) is 12.6 Å². The molecule has 0 saturated carbocycles. The zero-order valence-electron chi connectivity index (χ0n) is 9.02. The number of nitrogens with zero attached hydrogens (tertiary/aromatic N) is 3. The molecule has 0 radical (unpaired) electrons. The summed E-state index contributed by atoms with van der Waals surface area (Å²) in [6.45, 7) is 3.86. The summed E-state index contributed by atoms with van der Waals surface area (Å²) in [6.07, 6.45) is 0. The van der Waals surface area contributed by atoms with Gasteiger partial charge in [-0.25, -0.2) is 4.68 Å². The lowest BCUT2D eigenvalue weighted by Gasteiger charge is -2.11. The number of hydrogen-bond acceptors (Lipinski definition) is 5. The van der Waals surface area contributed by atoms with Gasteiger partial charge in [0.15, 0.2) is 0 Å². The molecular formula is C8H15N5O2. The van der Waals surface area contributed by atoms with Crippen LogP contribution in [-0.4, -0.2) is 27.3 Å². The Morgan fingerprint density at radius 1 is 1.73 bits per heavy atom. The van der Waals surface area contributed by atoms with Crippen LogP contribution in [0.15, 0.2) is 0 Å². The van der Waals surface area contributed by atoms with Gasteiger partial charge in [0.05, 0.1) is 4.92 Å². The summed E-state index contributed by atoms with van der Waals surface area (Å²) in [4.78, 5) is 10.4. The number of aryl methyl sites for hydroxylation is 2. The minimum atomic E-state index is -0.437. The maximum absolute atomic E-state index is 10.8. The Morgan fingerprint density at radius 3 is 2.80 bits per heavy atom. The average molecular weight is 213 g/mol. The predicted octanol–water partition coefficient (Wildman–Crippen LogP) is 0.396. The topological polar surface area (TPSA) is 99.0 Å². The third-order valence-electron chi connectivity index (χ3n) is 2.11. The molecule has 1 aromatic rings. The van der Waals surface area contributed by atoms with E-state index in [1.807, 2.05) is 6.92 Å². The molecule has 0 fully saturated rings. The Morgan fingerprint density at radius 2 is 2.33 bits per heavy atom. The van der Waals surface area contributed by atoms with Crippen LogP contribution in [0.2, 0.25) is 0 Å². The van der Waals surface area contributed by atoms with Gasteiger partial charge >= 0.3 is 5.69 Å². The molecule has 7 heteroatoms. The van der Waals surface area contributed by atoms with E-state index in [0.29, 0.717) is 18.1 Å². The molecule has 0 aliphatic heterocycles. The van der Waals surface area contributed by atoms with Crippen LogP contribution >= 0.6 is 0 Å². The van der Waals surface area contributed by atoms with Crippen LogP contribution in [0, 0.1) is 17.0 Å². The van der Waals surface area contributed by atoms with Crippen molar-refractivity contribution in [3.8, 4) is 0 Å². The van der Waals surface area contributed by atoms with Crippen LogP contribution in [-0.2, 0) is 7.05 Å². The second-order valence-corrected chi connectivity index (χ2v) is 3.44. The van der Waals surface area contributed by atoms with Gasteiger partial charge in [0.25, 0.3) is 0 Å². The smallest absolute Gasteiger partial charge is 0.333 e. The molecule has 0 aliphatic carbocycles. The van der Waals surface area contributed by atoms with Crippen molar-refractivity contribution in [3.05, 3.63) is 15.8 Å². The average Bonchev–Trinajstić information content (AvgIpc) is 2.41. The molecule has 7 nitrogen and oxygen atoms in total. The second kappa shape index (κ2) is 4.26. The van der Waals surface area contributed by atoms with Crippen molar-refractivity contribution in [1.29, 1.82) is 0 Å². The molecule has 1 heterocycles. The quantitative estimate of drug-likeness (QED) is 0.557. The van der Waals surface area contributed by atoms with Crippen molar-refractivity contribution in [2.75, 3.05) is 11.9 Å². The summed E-state index contributed by atoms with van der Waals surface area (Å²) >= 11 is 0. The van der Waals surface area contributed by atoms with Crippen LogP contribution in [0.3, 0.4) is 0 Å². The summed E-state index contributed by atoms with van der Waals surface area (Å²) in [6, 6.07) is -0.0292. The third-order valence-corrected chi connectivity index (χ3v) is 2.11. The molecule has 1 unspecified atom stereocenters. The fourth-order valence-electron chi connectivity index (χ4n) is 1.32. The molecule has 15 heavy (non-hydrogen) atoms. The van der Waals surface area contributed by atoms with Crippen molar-refractivity contribution >= 4 is 11.5 Å². The molecule has 3 N–H and O–H groups in total. The summed E-state index contributed by atoms with van der Waals surface area (Å²) in [5.74, 6) is 0.399. The Hall–Kier alpha value is -1.63. The van der Waals surface area contributed by atoms with Gasteiger partial charge in [-0.05, 0) is 13.8 Å². The van der Waals surface area contributed by atoms with Gasteiger partial charge < -0.3 is 11.1 Å². The van der Waals surface area contributed by atoms with E-state index in [2.05, 4.69) is 10.4 Å². The van der Waals surface area contributed by atoms with Crippen LogP contribution in [0.4, 0.5) is 11.5 Å². The Labute approximate surface area is 87.4 Å². The SMILES string of the molecule is Cc1nn(C)c(NC(C)CN)c1[N+](=O)[O-]. The Kier molecular flexibility index (Phi) is 3.25. The molecule has 0 spiro atoms. The van der Waals surface area contributed by atoms with Gasteiger partial charge in [-0.2, -0.15) is 5.10 Å². The van der Waals surface area contributed by atoms with Crippen LogP contribution in [0.5, 0.6) is 0 Å². The zero-order valence-corrected chi connectivity index (χ0v) is 9.02. The van der Waals surface area contributed by atoms with E-state index in [4.69, 9.17) is 5.73 Å². The standard InChI is InChI=1S/C8H15N5O2/c1-5(4-9)10-8-7(13(14)15)6(2)11-12(8)3/h5,10H,4,9H2,1-3H3. The predicted molar refractivity (Wildman–Crippen MR) is 56.7 cm³/mol. The van der Waals surface area contributed by atoms with E-state index in [1.165, 1.54) is 4.68 Å². The number of hydrogen-bond donors (Lipinski definition) is 2. The van der Waals surface area contributed by atoms with E-state index in [9.17, 15) is 10.1 Å². The van der Waals surface area contributed by atoms with Crippen molar-refractivity contribution in [1.82, 2.24) is 9.78 Å². The third kappa shape index (κ3) is 2.24. The van der Waals surface area contributed by atoms with Crippen molar-refractivity contribution in [3.63, 3.8) is 0 Å². The van der Waals surface area contributed by atoms with E-state index in [1.54, 1.807) is 14.0 Å². The number of nitrogens with one attached hydrogen (secondary N) is 1. The van der Waals surface area contributed by atoms with Gasteiger partial charge in [-0.15, -0.1) is 0 Å². The first kappa shape index (κ1) is 11.4. The molecule has 0 amide bonds. The van der Waals surface area contributed by atoms with Gasteiger partial charge in [0.2, 0.25) is 5.82 Å².